The van der Waals surface area contributed by atoms with E-state index in [-0.39, 0.29) is 11.5 Å². The molecule has 0 fully saturated rings. The third kappa shape index (κ3) is 2.66. The van der Waals surface area contributed by atoms with Gasteiger partial charge in [-0.2, -0.15) is 0 Å². The van der Waals surface area contributed by atoms with Gasteiger partial charge in [0.15, 0.2) is 10.6 Å². The largest absolute Gasteiger partial charge is 0.508 e. The highest BCUT2D eigenvalue weighted by Crippen LogP contribution is 2.31. The van der Waals surface area contributed by atoms with Crippen LogP contribution in [-0.4, -0.2) is 19.8 Å². The molecule has 0 bridgehead atoms. The van der Waals surface area contributed by atoms with E-state index in [2.05, 4.69) is 9.98 Å². The van der Waals surface area contributed by atoms with Gasteiger partial charge < -0.3 is 14.8 Å². The second kappa shape index (κ2) is 5.41. The monoisotopic (exact) mass is 299 g/mol. The van der Waals surface area contributed by atoms with Crippen LogP contribution in [0.3, 0.4) is 0 Å². The van der Waals surface area contributed by atoms with Gasteiger partial charge in [-0.15, -0.1) is 11.3 Å². The summed E-state index contributed by atoms with van der Waals surface area (Å²) in [6.07, 6.45) is 1.69. The summed E-state index contributed by atoms with van der Waals surface area (Å²) in [5.41, 5.74) is 1.47. The van der Waals surface area contributed by atoms with E-state index in [4.69, 9.17) is 0 Å². The second-order valence-electron chi connectivity index (χ2n) is 4.46. The average Bonchev–Trinajstić information content (AvgIpc) is 2.82. The number of thiazole rings is 1. The highest BCUT2D eigenvalue weighted by molar-refractivity contribution is 7.07. The van der Waals surface area contributed by atoms with Crippen molar-refractivity contribution in [3.05, 3.63) is 52.8 Å². The number of pyridine rings is 1. The van der Waals surface area contributed by atoms with Gasteiger partial charge >= 0.3 is 0 Å². The lowest BCUT2D eigenvalue weighted by Crippen LogP contribution is -2.11. The van der Waals surface area contributed by atoms with Crippen LogP contribution in [0.4, 0.5) is 5.82 Å². The molecule has 2 aromatic heterocycles. The number of hydrogen-bond donors (Lipinski definition) is 2. The molecule has 0 aliphatic carbocycles. The molecule has 3 aromatic rings. The molecule has 106 valence electrons. The van der Waals surface area contributed by atoms with Gasteiger partial charge in [0.05, 0.1) is 5.69 Å². The Labute approximate surface area is 125 Å². The van der Waals surface area contributed by atoms with E-state index < -0.39 is 0 Å². The molecule has 0 spiro atoms. The molecular weight excluding hydrogens is 286 g/mol. The highest BCUT2D eigenvalue weighted by Gasteiger charge is 2.10. The number of phenolic OH excluding ortho intramolecular Hbond substituents is 2. The molecule has 0 atom stereocenters. The molecule has 21 heavy (non-hydrogen) atoms. The minimum Gasteiger partial charge on any atom is -0.508 e. The number of aromatic hydroxyl groups is 2. The van der Waals surface area contributed by atoms with E-state index in [0.29, 0.717) is 11.4 Å². The first-order valence-electron chi connectivity index (χ1n) is 6.28. The van der Waals surface area contributed by atoms with Gasteiger partial charge in [0, 0.05) is 30.3 Å². The molecule has 2 heterocycles. The van der Waals surface area contributed by atoms with Gasteiger partial charge in [0.1, 0.15) is 11.5 Å². The highest BCUT2D eigenvalue weighted by atomic mass is 32.1. The van der Waals surface area contributed by atoms with Crippen LogP contribution in [0, 0.1) is 0 Å². The second-order valence-corrected chi connectivity index (χ2v) is 5.30. The first-order chi connectivity index (χ1) is 10.1. The molecular formula is C15H13N3O2S. The maximum Gasteiger partial charge on any atom is 0.191 e. The van der Waals surface area contributed by atoms with Crippen LogP contribution in [0.25, 0.3) is 11.3 Å². The molecule has 0 saturated carbocycles. The predicted octanol–water partition coefficient (Wildman–Crippen LogP) is 2.79. The van der Waals surface area contributed by atoms with Crippen LogP contribution in [0.15, 0.2) is 53.0 Å². The number of benzene rings is 1. The molecule has 0 radical (unpaired) electrons. The van der Waals surface area contributed by atoms with Gasteiger partial charge in [-0.05, 0) is 24.3 Å². The molecule has 0 amide bonds. The Hall–Kier alpha value is -2.60. The van der Waals surface area contributed by atoms with Crippen LogP contribution in [0.1, 0.15) is 0 Å². The molecule has 3 rings (SSSR count). The smallest absolute Gasteiger partial charge is 0.191 e. The van der Waals surface area contributed by atoms with E-state index in [9.17, 15) is 10.2 Å². The van der Waals surface area contributed by atoms with Crippen molar-refractivity contribution in [1.29, 1.82) is 0 Å². The molecule has 5 nitrogen and oxygen atoms in total. The number of aromatic nitrogens is 2. The lowest BCUT2D eigenvalue weighted by Gasteiger charge is -2.05. The van der Waals surface area contributed by atoms with Crippen molar-refractivity contribution in [2.75, 3.05) is 0 Å². The summed E-state index contributed by atoms with van der Waals surface area (Å²) in [4.78, 5) is 9.42. The summed E-state index contributed by atoms with van der Waals surface area (Å²) < 4.78 is 1.88. The molecule has 0 saturated heterocycles. The fourth-order valence-electron chi connectivity index (χ4n) is 1.97. The fraction of sp³-hybridized carbons (Fsp3) is 0.0667. The fourth-order valence-corrected chi connectivity index (χ4v) is 2.87. The summed E-state index contributed by atoms with van der Waals surface area (Å²) >= 11 is 1.46. The van der Waals surface area contributed by atoms with Crippen LogP contribution in [0.2, 0.25) is 0 Å². The third-order valence-electron chi connectivity index (χ3n) is 3.04. The zero-order valence-corrected chi connectivity index (χ0v) is 12.1. The van der Waals surface area contributed by atoms with Gasteiger partial charge in [-0.1, -0.05) is 6.07 Å². The number of rotatable bonds is 2. The summed E-state index contributed by atoms with van der Waals surface area (Å²) in [6.45, 7) is 0. The van der Waals surface area contributed by atoms with Gasteiger partial charge in [0.2, 0.25) is 0 Å². The van der Waals surface area contributed by atoms with Crippen molar-refractivity contribution in [2.24, 2.45) is 12.0 Å². The molecule has 2 N–H and O–H groups in total. The molecule has 0 aliphatic rings. The lowest BCUT2D eigenvalue weighted by atomic mass is 10.1. The summed E-state index contributed by atoms with van der Waals surface area (Å²) in [7, 11) is 1.87. The Morgan fingerprint density at radius 1 is 1.19 bits per heavy atom. The van der Waals surface area contributed by atoms with Gasteiger partial charge in [-0.3, -0.25) is 0 Å². The van der Waals surface area contributed by atoms with Crippen LogP contribution in [0.5, 0.6) is 11.5 Å². The first kappa shape index (κ1) is 13.4. The molecule has 0 aliphatic heterocycles. The molecule has 0 unspecified atom stereocenters. The Balaban J connectivity index is 2.09. The van der Waals surface area contributed by atoms with E-state index in [1.54, 1.807) is 18.3 Å². The topological polar surface area (TPSA) is 70.6 Å². The van der Waals surface area contributed by atoms with E-state index in [1.165, 1.54) is 17.4 Å². The van der Waals surface area contributed by atoms with E-state index in [0.717, 1.165) is 10.5 Å². The SMILES string of the molecule is Cn1c(-c2ccc(O)cc2O)cs/c1=N\c1ccccn1. The quantitative estimate of drug-likeness (QED) is 0.764. The van der Waals surface area contributed by atoms with Crippen LogP contribution >= 0.6 is 11.3 Å². The van der Waals surface area contributed by atoms with Crippen molar-refractivity contribution in [2.45, 2.75) is 0 Å². The van der Waals surface area contributed by atoms with E-state index >= 15 is 0 Å². The maximum atomic E-state index is 9.96. The first-order valence-corrected chi connectivity index (χ1v) is 7.16. The number of nitrogens with zero attached hydrogens (tertiary/aromatic N) is 3. The Kier molecular flexibility index (Phi) is 3.45. The zero-order chi connectivity index (χ0) is 14.8. The minimum absolute atomic E-state index is 0.0347. The summed E-state index contributed by atoms with van der Waals surface area (Å²) in [5, 5.41) is 21.2. The van der Waals surface area contributed by atoms with Crippen LogP contribution in [-0.2, 0) is 7.05 Å². The van der Waals surface area contributed by atoms with Crippen LogP contribution < -0.4 is 4.80 Å². The standard InChI is InChI=1S/C15H13N3O2S/c1-18-12(11-6-5-10(19)8-13(11)20)9-21-15(18)17-14-4-2-3-7-16-14/h2-9,19-20H,1H3/b17-15-. The maximum absolute atomic E-state index is 9.96. The normalized spacial score (nSPS) is 11.8. The van der Waals surface area contributed by atoms with Crippen molar-refractivity contribution in [1.82, 2.24) is 9.55 Å². The third-order valence-corrected chi connectivity index (χ3v) is 3.96. The Morgan fingerprint density at radius 2 is 2.05 bits per heavy atom. The van der Waals surface area contributed by atoms with Gasteiger partial charge in [-0.25, -0.2) is 9.98 Å². The average molecular weight is 299 g/mol. The Morgan fingerprint density at radius 3 is 2.76 bits per heavy atom. The summed E-state index contributed by atoms with van der Waals surface area (Å²) in [6, 6.07) is 10.1. The van der Waals surface area contributed by atoms with Crippen molar-refractivity contribution in [3.63, 3.8) is 0 Å². The minimum atomic E-state index is 0.0347. The summed E-state index contributed by atoms with van der Waals surface area (Å²) in [5.74, 6) is 0.705. The predicted molar refractivity (Wildman–Crippen MR) is 81.5 cm³/mol. The zero-order valence-electron chi connectivity index (χ0n) is 11.3. The number of phenols is 2. The van der Waals surface area contributed by atoms with E-state index in [1.807, 2.05) is 35.2 Å². The lowest BCUT2D eigenvalue weighted by molar-refractivity contribution is 0.451. The van der Waals surface area contributed by atoms with Crippen molar-refractivity contribution < 1.29 is 10.2 Å². The van der Waals surface area contributed by atoms with Crippen molar-refractivity contribution in [3.8, 4) is 22.8 Å². The Bertz CT molecular complexity index is 838. The number of hydrogen-bond acceptors (Lipinski definition) is 5. The molecule has 6 heteroatoms. The molecule has 1 aromatic carbocycles. The van der Waals surface area contributed by atoms with Gasteiger partial charge in [0.25, 0.3) is 0 Å². The van der Waals surface area contributed by atoms with Crippen molar-refractivity contribution >= 4 is 17.2 Å².